The zero-order chi connectivity index (χ0) is 10.1. The van der Waals surface area contributed by atoms with E-state index in [1.807, 2.05) is 12.1 Å². The molecule has 0 aliphatic carbocycles. The molecule has 2 rings (SSSR count). The van der Waals surface area contributed by atoms with Crippen molar-refractivity contribution in [2.24, 2.45) is 0 Å². The number of carbonyl (C=O) groups is 1. The summed E-state index contributed by atoms with van der Waals surface area (Å²) in [7, 11) is 0. The number of rotatable bonds is 2. The highest BCUT2D eigenvalue weighted by atomic mass is 16.4. The molecular weight excluding hydrogens is 182 g/mol. The van der Waals surface area contributed by atoms with Crippen LogP contribution in [-0.4, -0.2) is 20.7 Å². The van der Waals surface area contributed by atoms with E-state index in [0.717, 1.165) is 5.52 Å². The normalized spacial score (nSPS) is 10.6. The fourth-order valence-corrected chi connectivity index (χ4v) is 1.34. The predicted molar refractivity (Wildman–Crippen MR) is 50.9 cm³/mol. The smallest absolute Gasteiger partial charge is 0.309 e. The molecule has 0 saturated heterocycles. The van der Waals surface area contributed by atoms with Crippen LogP contribution >= 0.6 is 0 Å². The molecule has 0 radical (unpaired) electrons. The first kappa shape index (κ1) is 8.55. The second-order valence-corrected chi connectivity index (χ2v) is 2.96. The summed E-state index contributed by atoms with van der Waals surface area (Å²) in [5.41, 5.74) is 7.32. The molecule has 0 aliphatic rings. The van der Waals surface area contributed by atoms with Crippen LogP contribution in [0.3, 0.4) is 0 Å². The van der Waals surface area contributed by atoms with Gasteiger partial charge in [0.05, 0.1) is 23.3 Å². The first-order valence-corrected chi connectivity index (χ1v) is 4.12. The Morgan fingerprint density at radius 3 is 3.00 bits per heavy atom. The highest BCUT2D eigenvalue weighted by Crippen LogP contribution is 2.17. The van der Waals surface area contributed by atoms with E-state index in [9.17, 15) is 4.79 Å². The van der Waals surface area contributed by atoms with Crippen molar-refractivity contribution < 1.29 is 9.90 Å². The average Bonchev–Trinajstić information content (AvgIpc) is 2.44. The largest absolute Gasteiger partial charge is 0.481 e. The van der Waals surface area contributed by atoms with Gasteiger partial charge in [0, 0.05) is 6.20 Å². The van der Waals surface area contributed by atoms with E-state index in [0.29, 0.717) is 11.4 Å². The maximum absolute atomic E-state index is 10.5. The summed E-state index contributed by atoms with van der Waals surface area (Å²) in [6, 6.07) is 5.44. The molecule has 0 aliphatic heterocycles. The number of carboxylic acids is 1. The molecule has 0 fully saturated rings. The Hall–Kier alpha value is -2.04. The lowest BCUT2D eigenvalue weighted by molar-refractivity contribution is -0.136. The van der Waals surface area contributed by atoms with E-state index in [1.165, 1.54) is 0 Å². The van der Waals surface area contributed by atoms with Gasteiger partial charge in [0.15, 0.2) is 0 Å². The second kappa shape index (κ2) is 3.02. The molecule has 0 atom stereocenters. The van der Waals surface area contributed by atoms with Crippen LogP contribution in [-0.2, 0) is 11.2 Å². The molecule has 0 spiro atoms. The molecule has 0 amide bonds. The van der Waals surface area contributed by atoms with Crippen LogP contribution in [0.4, 0.5) is 5.69 Å². The van der Waals surface area contributed by atoms with Crippen molar-refractivity contribution >= 4 is 17.2 Å². The van der Waals surface area contributed by atoms with Gasteiger partial charge in [-0.2, -0.15) is 5.10 Å². The molecule has 0 saturated carbocycles. The van der Waals surface area contributed by atoms with Crippen LogP contribution in [0.15, 0.2) is 24.4 Å². The van der Waals surface area contributed by atoms with Crippen LogP contribution in [0, 0.1) is 0 Å². The Morgan fingerprint density at radius 2 is 2.36 bits per heavy atom. The first-order chi connectivity index (χ1) is 6.68. The van der Waals surface area contributed by atoms with Gasteiger partial charge in [-0.1, -0.05) is 6.07 Å². The summed E-state index contributed by atoms with van der Waals surface area (Å²) >= 11 is 0. The Labute approximate surface area is 79.8 Å². The quantitative estimate of drug-likeness (QED) is 0.726. The number of nitrogen functional groups attached to an aromatic ring is 1. The molecular formula is C9H9N3O2. The molecule has 72 valence electrons. The standard InChI is InChI=1S/C9H9N3O2/c10-9-6(5-8(13)14)11-12-4-2-1-3-7(9)12/h1-4H,5,10H2,(H,13,14). The third-order valence-corrected chi connectivity index (χ3v) is 1.97. The number of anilines is 1. The topological polar surface area (TPSA) is 80.6 Å². The average molecular weight is 191 g/mol. The number of fused-ring (bicyclic) bond motifs is 1. The summed E-state index contributed by atoms with van der Waals surface area (Å²) in [6.45, 7) is 0. The molecule has 5 nitrogen and oxygen atoms in total. The lowest BCUT2D eigenvalue weighted by atomic mass is 10.2. The number of aliphatic carboxylic acids is 1. The van der Waals surface area contributed by atoms with Gasteiger partial charge in [0.25, 0.3) is 0 Å². The summed E-state index contributed by atoms with van der Waals surface area (Å²) in [5, 5.41) is 12.7. The van der Waals surface area contributed by atoms with Crippen LogP contribution in [0.5, 0.6) is 0 Å². The van der Waals surface area contributed by atoms with Gasteiger partial charge >= 0.3 is 5.97 Å². The number of aromatic nitrogens is 2. The van der Waals surface area contributed by atoms with E-state index in [1.54, 1.807) is 16.8 Å². The van der Waals surface area contributed by atoms with Crippen molar-refractivity contribution in [1.29, 1.82) is 0 Å². The lowest BCUT2D eigenvalue weighted by Crippen LogP contribution is -2.03. The van der Waals surface area contributed by atoms with Crippen molar-refractivity contribution in [3.8, 4) is 0 Å². The Kier molecular flexibility index (Phi) is 1.85. The molecule has 2 heterocycles. The van der Waals surface area contributed by atoms with E-state index >= 15 is 0 Å². The molecule has 5 heteroatoms. The Bertz CT molecular complexity index is 490. The lowest BCUT2D eigenvalue weighted by Gasteiger charge is -1.91. The summed E-state index contributed by atoms with van der Waals surface area (Å²) in [6.07, 6.45) is 1.59. The van der Waals surface area contributed by atoms with Crippen LogP contribution < -0.4 is 5.73 Å². The minimum absolute atomic E-state index is 0.145. The van der Waals surface area contributed by atoms with Crippen molar-refractivity contribution in [3.05, 3.63) is 30.1 Å². The minimum atomic E-state index is -0.930. The zero-order valence-electron chi connectivity index (χ0n) is 7.34. The molecule has 0 bridgehead atoms. The van der Waals surface area contributed by atoms with Crippen molar-refractivity contribution in [3.63, 3.8) is 0 Å². The van der Waals surface area contributed by atoms with Gasteiger partial charge in [-0.05, 0) is 12.1 Å². The van der Waals surface area contributed by atoms with Gasteiger partial charge in [0.1, 0.15) is 0 Å². The van der Waals surface area contributed by atoms with E-state index in [2.05, 4.69) is 5.10 Å². The van der Waals surface area contributed by atoms with E-state index in [4.69, 9.17) is 10.8 Å². The van der Waals surface area contributed by atoms with Gasteiger partial charge in [-0.3, -0.25) is 4.79 Å². The molecule has 2 aromatic heterocycles. The summed E-state index contributed by atoms with van der Waals surface area (Å²) in [5.74, 6) is -0.930. The maximum atomic E-state index is 10.5. The van der Waals surface area contributed by atoms with E-state index in [-0.39, 0.29) is 6.42 Å². The minimum Gasteiger partial charge on any atom is -0.481 e. The highest BCUT2D eigenvalue weighted by Gasteiger charge is 2.11. The summed E-state index contributed by atoms with van der Waals surface area (Å²) < 4.78 is 1.58. The van der Waals surface area contributed by atoms with Gasteiger partial charge in [0.2, 0.25) is 0 Å². The van der Waals surface area contributed by atoms with E-state index < -0.39 is 5.97 Å². The Balaban J connectivity index is 2.57. The fraction of sp³-hybridized carbons (Fsp3) is 0.111. The van der Waals surface area contributed by atoms with Crippen LogP contribution in [0.2, 0.25) is 0 Å². The fourth-order valence-electron chi connectivity index (χ4n) is 1.34. The molecule has 14 heavy (non-hydrogen) atoms. The van der Waals surface area contributed by atoms with Crippen molar-refractivity contribution in [1.82, 2.24) is 9.61 Å². The predicted octanol–water partition coefficient (Wildman–Crippen LogP) is 0.544. The first-order valence-electron chi connectivity index (χ1n) is 4.12. The monoisotopic (exact) mass is 191 g/mol. The van der Waals surface area contributed by atoms with Crippen molar-refractivity contribution in [2.45, 2.75) is 6.42 Å². The van der Waals surface area contributed by atoms with Crippen molar-refractivity contribution in [2.75, 3.05) is 5.73 Å². The maximum Gasteiger partial charge on any atom is 0.309 e. The Morgan fingerprint density at radius 1 is 1.57 bits per heavy atom. The summed E-state index contributed by atoms with van der Waals surface area (Å²) in [4.78, 5) is 10.5. The number of carboxylic acid groups (broad SMARTS) is 1. The third-order valence-electron chi connectivity index (χ3n) is 1.97. The highest BCUT2D eigenvalue weighted by molar-refractivity contribution is 5.78. The van der Waals surface area contributed by atoms with Gasteiger partial charge in [-0.25, -0.2) is 4.52 Å². The SMILES string of the molecule is Nc1c(CC(=O)O)nn2ccccc12. The second-order valence-electron chi connectivity index (χ2n) is 2.96. The number of hydrogen-bond donors (Lipinski definition) is 2. The van der Waals surface area contributed by atoms with Crippen LogP contribution in [0.25, 0.3) is 5.52 Å². The van der Waals surface area contributed by atoms with Crippen LogP contribution in [0.1, 0.15) is 5.69 Å². The zero-order valence-corrected chi connectivity index (χ0v) is 7.34. The number of nitrogens with two attached hydrogens (primary N) is 1. The van der Waals surface area contributed by atoms with Gasteiger partial charge in [-0.15, -0.1) is 0 Å². The third kappa shape index (κ3) is 1.28. The number of nitrogens with zero attached hydrogens (tertiary/aromatic N) is 2. The number of hydrogen-bond acceptors (Lipinski definition) is 3. The molecule has 0 unspecified atom stereocenters. The molecule has 3 N–H and O–H groups in total. The molecule has 2 aromatic rings. The van der Waals surface area contributed by atoms with Gasteiger partial charge < -0.3 is 10.8 Å². The number of pyridine rings is 1. The molecule has 0 aromatic carbocycles.